The molecule has 0 aliphatic rings. The minimum Gasteiger partial charge on any atom is -0.463 e. The molecule has 0 aliphatic carbocycles. The summed E-state index contributed by atoms with van der Waals surface area (Å²) in [5.74, 6) is -0.361. The Morgan fingerprint density at radius 2 is 1.50 bits per heavy atom. The summed E-state index contributed by atoms with van der Waals surface area (Å²) in [5, 5.41) is 0. The van der Waals surface area contributed by atoms with Gasteiger partial charge in [-0.3, -0.25) is 4.79 Å². The van der Waals surface area contributed by atoms with Gasteiger partial charge in [0.15, 0.2) is 0 Å². The van der Waals surface area contributed by atoms with Gasteiger partial charge >= 0.3 is 5.97 Å². The lowest BCUT2D eigenvalue weighted by atomic mass is 10.2. The van der Waals surface area contributed by atoms with Crippen LogP contribution in [0.1, 0.15) is 39.5 Å². The van der Waals surface area contributed by atoms with Crippen LogP contribution in [0.15, 0.2) is 0 Å². The van der Waals surface area contributed by atoms with Crippen LogP contribution in [-0.2, 0) is 23.8 Å². The molecule has 0 radical (unpaired) electrons. The highest BCUT2D eigenvalue weighted by molar-refractivity contribution is 5.80. The number of unbranched alkanes of at least 4 members (excludes halogenated alkanes) is 1. The first-order chi connectivity index (χ1) is 8.66. The fourth-order valence-corrected chi connectivity index (χ4v) is 1.13. The van der Waals surface area contributed by atoms with Crippen LogP contribution in [0.3, 0.4) is 0 Å². The quantitative estimate of drug-likeness (QED) is 0.395. The van der Waals surface area contributed by atoms with Gasteiger partial charge in [-0.05, 0) is 13.3 Å². The van der Waals surface area contributed by atoms with E-state index in [1.165, 1.54) is 6.92 Å². The van der Waals surface area contributed by atoms with Crippen molar-refractivity contribution in [3.63, 3.8) is 0 Å². The van der Waals surface area contributed by atoms with Gasteiger partial charge in [0, 0.05) is 13.0 Å². The molecule has 0 atom stereocenters. The van der Waals surface area contributed by atoms with Crippen LogP contribution in [0.25, 0.3) is 0 Å². The van der Waals surface area contributed by atoms with Gasteiger partial charge in [-0.2, -0.15) is 0 Å². The van der Waals surface area contributed by atoms with Crippen LogP contribution >= 0.6 is 0 Å². The summed E-state index contributed by atoms with van der Waals surface area (Å²) < 4.78 is 15.4. The van der Waals surface area contributed by atoms with Crippen molar-refractivity contribution < 1.29 is 23.8 Å². The van der Waals surface area contributed by atoms with Gasteiger partial charge in [0.05, 0.1) is 26.2 Å². The Bertz CT molecular complexity index is 227. The highest BCUT2D eigenvalue weighted by Crippen LogP contribution is 1.94. The average Bonchev–Trinajstić information content (AvgIpc) is 2.34. The summed E-state index contributed by atoms with van der Waals surface area (Å²) in [7, 11) is 0. The summed E-state index contributed by atoms with van der Waals surface area (Å²) >= 11 is 0. The van der Waals surface area contributed by atoms with E-state index in [4.69, 9.17) is 14.2 Å². The van der Waals surface area contributed by atoms with E-state index in [2.05, 4.69) is 6.92 Å². The van der Waals surface area contributed by atoms with Crippen LogP contribution < -0.4 is 0 Å². The van der Waals surface area contributed by atoms with E-state index in [1.807, 2.05) is 0 Å². The topological polar surface area (TPSA) is 61.8 Å². The first-order valence-corrected chi connectivity index (χ1v) is 6.47. The van der Waals surface area contributed by atoms with Gasteiger partial charge in [-0.1, -0.05) is 13.3 Å². The van der Waals surface area contributed by atoms with Crippen molar-refractivity contribution in [1.82, 2.24) is 0 Å². The zero-order valence-electron chi connectivity index (χ0n) is 11.4. The molecule has 18 heavy (non-hydrogen) atoms. The maximum absolute atomic E-state index is 11.1. The molecule has 0 bridgehead atoms. The van der Waals surface area contributed by atoms with E-state index in [1.54, 1.807) is 0 Å². The van der Waals surface area contributed by atoms with Gasteiger partial charge in [0.2, 0.25) is 0 Å². The number of carbonyl (C=O) groups excluding carboxylic acids is 2. The molecule has 0 saturated heterocycles. The summed E-state index contributed by atoms with van der Waals surface area (Å²) in [6.07, 6.45) is 2.57. The number of Topliss-reactive ketones (excluding diaryl/α,β-unsaturated/α-hetero) is 1. The number of ether oxygens (including phenoxy) is 3. The summed E-state index contributed by atoms with van der Waals surface area (Å²) in [5.41, 5.74) is 0. The second-order valence-corrected chi connectivity index (χ2v) is 4.00. The predicted molar refractivity (Wildman–Crippen MR) is 67.4 cm³/mol. The Balaban J connectivity index is 3.15. The first-order valence-electron chi connectivity index (χ1n) is 6.47. The molecule has 0 aliphatic heterocycles. The van der Waals surface area contributed by atoms with E-state index < -0.39 is 0 Å². The monoisotopic (exact) mass is 260 g/mol. The maximum Gasteiger partial charge on any atom is 0.306 e. The maximum atomic E-state index is 11.1. The van der Waals surface area contributed by atoms with Crippen LogP contribution in [0.4, 0.5) is 0 Å². The van der Waals surface area contributed by atoms with Crippen molar-refractivity contribution in [3.8, 4) is 0 Å². The highest BCUT2D eigenvalue weighted by atomic mass is 16.6. The molecule has 0 amide bonds. The molecule has 0 fully saturated rings. The van der Waals surface area contributed by atoms with Gasteiger partial charge in [0.1, 0.15) is 12.4 Å². The number of ketones is 1. The van der Waals surface area contributed by atoms with Crippen molar-refractivity contribution in [2.45, 2.75) is 39.5 Å². The zero-order chi connectivity index (χ0) is 13.6. The zero-order valence-corrected chi connectivity index (χ0v) is 11.4. The smallest absolute Gasteiger partial charge is 0.306 e. The van der Waals surface area contributed by atoms with Crippen LogP contribution in [0.5, 0.6) is 0 Å². The molecule has 5 nitrogen and oxygen atoms in total. The van der Waals surface area contributed by atoms with Gasteiger partial charge < -0.3 is 19.0 Å². The van der Waals surface area contributed by atoms with Crippen LogP contribution in [-0.4, -0.2) is 44.8 Å². The van der Waals surface area contributed by atoms with Crippen molar-refractivity contribution in [1.29, 1.82) is 0 Å². The van der Waals surface area contributed by atoms with Crippen LogP contribution in [0.2, 0.25) is 0 Å². The largest absolute Gasteiger partial charge is 0.463 e. The lowest BCUT2D eigenvalue weighted by Crippen LogP contribution is -2.13. The number of carbonyl (C=O) groups is 2. The molecule has 0 rings (SSSR count). The minimum atomic E-state index is -0.354. The molecule has 0 aromatic rings. The SMILES string of the molecule is CCCCOCCOCCOC(=O)CCC(C)=O. The van der Waals surface area contributed by atoms with Crippen molar-refractivity contribution in [2.24, 2.45) is 0 Å². The fourth-order valence-electron chi connectivity index (χ4n) is 1.13. The molecular weight excluding hydrogens is 236 g/mol. The third kappa shape index (κ3) is 13.1. The summed E-state index contributed by atoms with van der Waals surface area (Å²) in [6, 6.07) is 0. The molecule has 0 spiro atoms. The molecule has 106 valence electrons. The van der Waals surface area contributed by atoms with E-state index in [0.717, 1.165) is 19.4 Å². The Labute approximate surface area is 109 Å². The van der Waals surface area contributed by atoms with E-state index in [0.29, 0.717) is 19.8 Å². The minimum absolute atomic E-state index is 0.00701. The first kappa shape index (κ1) is 17.1. The molecule has 0 aromatic carbocycles. The van der Waals surface area contributed by atoms with Gasteiger partial charge in [-0.15, -0.1) is 0 Å². The molecular formula is C13H24O5. The highest BCUT2D eigenvalue weighted by Gasteiger charge is 2.04. The van der Waals surface area contributed by atoms with Crippen molar-refractivity contribution >= 4 is 11.8 Å². The Morgan fingerprint density at radius 1 is 0.889 bits per heavy atom. The number of esters is 1. The average molecular weight is 260 g/mol. The molecule has 0 aromatic heterocycles. The van der Waals surface area contributed by atoms with Crippen molar-refractivity contribution in [3.05, 3.63) is 0 Å². The van der Waals surface area contributed by atoms with E-state index in [9.17, 15) is 9.59 Å². The molecule has 0 N–H and O–H groups in total. The molecule has 0 saturated carbocycles. The third-order valence-corrected chi connectivity index (χ3v) is 2.19. The predicted octanol–water partition coefficient (Wildman–Crippen LogP) is 1.73. The lowest BCUT2D eigenvalue weighted by Gasteiger charge is -2.06. The van der Waals surface area contributed by atoms with Crippen LogP contribution in [0, 0.1) is 0 Å². The lowest BCUT2D eigenvalue weighted by molar-refractivity contribution is -0.146. The molecule has 5 heteroatoms. The Morgan fingerprint density at radius 3 is 2.11 bits per heavy atom. The van der Waals surface area contributed by atoms with E-state index in [-0.39, 0.29) is 31.2 Å². The summed E-state index contributed by atoms with van der Waals surface area (Å²) in [4.78, 5) is 21.7. The van der Waals surface area contributed by atoms with Gasteiger partial charge in [0.25, 0.3) is 0 Å². The van der Waals surface area contributed by atoms with Crippen molar-refractivity contribution in [2.75, 3.05) is 33.0 Å². The molecule has 0 heterocycles. The Kier molecular flexibility index (Phi) is 11.9. The number of rotatable bonds is 12. The summed E-state index contributed by atoms with van der Waals surface area (Å²) in [6.45, 7) is 6.00. The number of hydrogen-bond acceptors (Lipinski definition) is 5. The fraction of sp³-hybridized carbons (Fsp3) is 0.846. The van der Waals surface area contributed by atoms with E-state index >= 15 is 0 Å². The third-order valence-electron chi connectivity index (χ3n) is 2.19. The Hall–Kier alpha value is -0.940. The molecule has 0 unspecified atom stereocenters. The van der Waals surface area contributed by atoms with Gasteiger partial charge in [-0.25, -0.2) is 0 Å². The second-order valence-electron chi connectivity index (χ2n) is 4.00. The standard InChI is InChI=1S/C13H24O5/c1-3-4-7-16-8-9-17-10-11-18-13(15)6-5-12(2)14/h3-11H2,1-2H3. The number of hydrogen-bond donors (Lipinski definition) is 0. The normalized spacial score (nSPS) is 10.3. The second kappa shape index (κ2) is 12.5.